The van der Waals surface area contributed by atoms with Gasteiger partial charge in [0, 0.05) is 15.7 Å². The zero-order valence-corrected chi connectivity index (χ0v) is 19.7. The molecule has 0 aliphatic carbocycles. The van der Waals surface area contributed by atoms with Crippen LogP contribution in [-0.4, -0.2) is 41.1 Å². The van der Waals surface area contributed by atoms with Gasteiger partial charge in [0.2, 0.25) is 12.2 Å². The number of hydrogen-bond donors (Lipinski definition) is 2. The third-order valence-corrected chi connectivity index (χ3v) is 5.19. The number of hydrogen-bond acceptors (Lipinski definition) is 7. The summed E-state index contributed by atoms with van der Waals surface area (Å²) in [5, 5.41) is 21.8. The van der Waals surface area contributed by atoms with Crippen molar-refractivity contribution in [1.82, 2.24) is 0 Å². The summed E-state index contributed by atoms with van der Waals surface area (Å²) in [5.41, 5.74) is 0.434. The van der Waals surface area contributed by atoms with E-state index in [1.165, 1.54) is 72.8 Å². The molecule has 0 saturated heterocycles. The lowest BCUT2D eigenvalue weighted by Gasteiger charge is -2.23. The number of amides is 1. The van der Waals surface area contributed by atoms with Gasteiger partial charge in [-0.15, -0.1) is 0 Å². The van der Waals surface area contributed by atoms with Gasteiger partial charge in [0.05, 0.1) is 22.8 Å². The number of rotatable bonds is 8. The van der Waals surface area contributed by atoms with Gasteiger partial charge in [-0.3, -0.25) is 4.79 Å². The summed E-state index contributed by atoms with van der Waals surface area (Å²) >= 11 is 11.6. The molecule has 0 unspecified atom stereocenters. The normalized spacial score (nSPS) is 11.9. The van der Waals surface area contributed by atoms with Crippen LogP contribution in [-0.2, 0) is 19.1 Å². The van der Waals surface area contributed by atoms with Gasteiger partial charge in [-0.2, -0.15) is 5.26 Å². The van der Waals surface area contributed by atoms with Crippen LogP contribution in [0.5, 0.6) is 0 Å². The Balaban J connectivity index is 1.90. The van der Waals surface area contributed by atoms with E-state index < -0.39 is 36.0 Å². The number of aliphatic carboxylic acids is 1. The number of carbonyl (C=O) groups excluding carboxylic acids is 3. The maximum Gasteiger partial charge on any atom is 0.349 e. The van der Waals surface area contributed by atoms with Crippen LogP contribution in [0.3, 0.4) is 0 Å². The van der Waals surface area contributed by atoms with Crippen molar-refractivity contribution in [3.63, 3.8) is 0 Å². The molecule has 0 bridgehead atoms. The summed E-state index contributed by atoms with van der Waals surface area (Å²) in [6.45, 7) is 0. The van der Waals surface area contributed by atoms with Crippen molar-refractivity contribution in [2.75, 3.05) is 5.32 Å². The minimum atomic E-state index is -2.21. The number of nitrogens with one attached hydrogen (secondary N) is 1. The highest BCUT2D eigenvalue weighted by molar-refractivity contribution is 6.31. The minimum Gasteiger partial charge on any atom is -0.478 e. The van der Waals surface area contributed by atoms with E-state index in [0.717, 1.165) is 0 Å². The van der Waals surface area contributed by atoms with Crippen LogP contribution in [0.1, 0.15) is 26.3 Å². The van der Waals surface area contributed by atoms with Crippen molar-refractivity contribution >= 4 is 52.7 Å². The molecule has 1 amide bonds. The third kappa shape index (κ3) is 6.82. The Morgan fingerprint density at radius 3 is 1.61 bits per heavy atom. The lowest BCUT2D eigenvalue weighted by molar-refractivity contribution is -0.157. The van der Waals surface area contributed by atoms with Crippen molar-refractivity contribution in [2.24, 2.45) is 0 Å². The Bertz CT molecular complexity index is 1320. The van der Waals surface area contributed by atoms with Crippen LogP contribution in [0.25, 0.3) is 0 Å². The molecular weight excluding hydrogens is 511 g/mol. The van der Waals surface area contributed by atoms with Gasteiger partial charge in [-0.25, -0.2) is 14.4 Å². The molecule has 2 N–H and O–H groups in total. The van der Waals surface area contributed by atoms with Gasteiger partial charge in [-0.05, 0) is 72.8 Å². The third-order valence-electron chi connectivity index (χ3n) is 4.69. The number of nitrogens with zero attached hydrogens (tertiary/aromatic N) is 1. The summed E-state index contributed by atoms with van der Waals surface area (Å²) in [6, 6.07) is 18.4. The number of carboxylic acid groups (broad SMARTS) is 1. The zero-order valence-electron chi connectivity index (χ0n) is 18.2. The molecule has 36 heavy (non-hydrogen) atoms. The Morgan fingerprint density at radius 1 is 0.750 bits per heavy atom. The number of halogens is 2. The van der Waals surface area contributed by atoms with Crippen LogP contribution in [0.15, 0.2) is 72.8 Å². The first kappa shape index (κ1) is 26.2. The van der Waals surface area contributed by atoms with E-state index in [2.05, 4.69) is 5.32 Å². The molecule has 2 atom stereocenters. The van der Waals surface area contributed by atoms with E-state index in [0.29, 0.717) is 15.6 Å². The Labute approximate surface area is 214 Å². The Kier molecular flexibility index (Phi) is 8.62. The topological polar surface area (TPSA) is 143 Å². The van der Waals surface area contributed by atoms with Gasteiger partial charge in [0.25, 0.3) is 5.91 Å². The molecule has 0 fully saturated rings. The van der Waals surface area contributed by atoms with Gasteiger partial charge in [0.1, 0.15) is 0 Å². The van der Waals surface area contributed by atoms with Crippen LogP contribution < -0.4 is 5.32 Å². The number of nitriles is 1. The molecule has 0 aliphatic rings. The van der Waals surface area contributed by atoms with E-state index >= 15 is 0 Å². The molecule has 9 nitrogen and oxygen atoms in total. The largest absolute Gasteiger partial charge is 0.478 e. The smallest absolute Gasteiger partial charge is 0.349 e. The summed E-state index contributed by atoms with van der Waals surface area (Å²) in [7, 11) is 0. The van der Waals surface area contributed by atoms with Crippen molar-refractivity contribution in [2.45, 2.75) is 12.2 Å². The van der Waals surface area contributed by atoms with Gasteiger partial charge >= 0.3 is 17.9 Å². The molecule has 3 aromatic rings. The Hall–Kier alpha value is -4.39. The molecule has 0 radical (unpaired) electrons. The van der Waals surface area contributed by atoms with E-state index in [4.69, 9.17) is 37.9 Å². The summed E-state index contributed by atoms with van der Waals surface area (Å²) < 4.78 is 10.3. The summed E-state index contributed by atoms with van der Waals surface area (Å²) in [5.74, 6) is -4.96. The van der Waals surface area contributed by atoms with Crippen molar-refractivity contribution < 1.29 is 33.8 Å². The van der Waals surface area contributed by atoms with Crippen molar-refractivity contribution in [3.8, 4) is 6.07 Å². The molecule has 0 aromatic heterocycles. The number of ether oxygens (including phenoxy) is 2. The fourth-order valence-electron chi connectivity index (χ4n) is 2.87. The lowest BCUT2D eigenvalue weighted by atomic mass is 10.1. The molecule has 0 spiro atoms. The van der Waals surface area contributed by atoms with Crippen LogP contribution in [0, 0.1) is 11.3 Å². The first-order valence-electron chi connectivity index (χ1n) is 10.1. The van der Waals surface area contributed by atoms with E-state index in [1.54, 1.807) is 0 Å². The molecule has 0 saturated carbocycles. The average Bonchev–Trinajstić information content (AvgIpc) is 2.87. The predicted molar refractivity (Wildman–Crippen MR) is 129 cm³/mol. The van der Waals surface area contributed by atoms with Crippen LogP contribution >= 0.6 is 23.2 Å². The highest BCUT2D eigenvalue weighted by atomic mass is 35.5. The molecule has 182 valence electrons. The number of benzene rings is 3. The van der Waals surface area contributed by atoms with Crippen LogP contribution in [0.4, 0.5) is 5.69 Å². The van der Waals surface area contributed by atoms with Crippen molar-refractivity contribution in [3.05, 3.63) is 99.5 Å². The van der Waals surface area contributed by atoms with Crippen molar-refractivity contribution in [1.29, 1.82) is 5.26 Å². The second-order valence-electron chi connectivity index (χ2n) is 7.18. The first-order chi connectivity index (χ1) is 17.2. The van der Waals surface area contributed by atoms with Crippen LogP contribution in [0.2, 0.25) is 10.0 Å². The van der Waals surface area contributed by atoms with Gasteiger partial charge in [-0.1, -0.05) is 23.2 Å². The fourth-order valence-corrected chi connectivity index (χ4v) is 3.13. The molecule has 0 aliphatic heterocycles. The highest BCUT2D eigenvalue weighted by Gasteiger charge is 2.41. The van der Waals surface area contributed by atoms with E-state index in [9.17, 15) is 24.3 Å². The molecule has 0 heterocycles. The first-order valence-corrected chi connectivity index (χ1v) is 10.9. The summed E-state index contributed by atoms with van der Waals surface area (Å²) in [4.78, 5) is 50.4. The van der Waals surface area contributed by atoms with Gasteiger partial charge < -0.3 is 19.9 Å². The maximum absolute atomic E-state index is 13.1. The summed E-state index contributed by atoms with van der Waals surface area (Å²) in [6.07, 6.45) is -4.29. The zero-order chi connectivity index (χ0) is 26.2. The number of esters is 2. The maximum atomic E-state index is 13.1. The number of carboxylic acids is 1. The molecular formula is C25H16Cl2N2O7. The van der Waals surface area contributed by atoms with E-state index in [1.807, 2.05) is 6.07 Å². The number of anilines is 1. The molecule has 3 aromatic carbocycles. The standard InChI is InChI=1S/C25H16Cl2N2O7/c26-17-7-3-15(4-8-17)24(33)35-20(22(30)29-19-11-1-14(13-28)2-12-19)21(23(31)32)36-25(34)16-5-9-18(27)10-6-16/h1-12,20-21H,(H,29,30)(H,31,32)/t20-,21-/m1/s1. The molecule has 3 rings (SSSR count). The fraction of sp³-hybridized carbons (Fsp3) is 0.0800. The Morgan fingerprint density at radius 2 is 1.19 bits per heavy atom. The minimum absolute atomic E-state index is 0.0243. The molecule has 11 heteroatoms. The quantitative estimate of drug-likeness (QED) is 0.412. The second kappa shape index (κ2) is 11.8. The monoisotopic (exact) mass is 526 g/mol. The number of carbonyl (C=O) groups is 4. The van der Waals surface area contributed by atoms with Gasteiger partial charge in [0.15, 0.2) is 0 Å². The lowest BCUT2D eigenvalue weighted by Crippen LogP contribution is -2.48. The predicted octanol–water partition coefficient (Wildman–Crippen LogP) is 4.34. The second-order valence-corrected chi connectivity index (χ2v) is 8.06. The SMILES string of the molecule is N#Cc1ccc(NC(=O)[C@H](OC(=O)c2ccc(Cl)cc2)[C@@H](OC(=O)c2ccc(Cl)cc2)C(=O)O)cc1. The highest BCUT2D eigenvalue weighted by Crippen LogP contribution is 2.18. The van der Waals surface area contributed by atoms with E-state index in [-0.39, 0.29) is 16.8 Å². The average molecular weight is 527 g/mol.